The summed E-state index contributed by atoms with van der Waals surface area (Å²) >= 11 is 0. The molecule has 13 heavy (non-hydrogen) atoms. The highest BCUT2D eigenvalue weighted by atomic mass is 16.1. The average Bonchev–Trinajstić information content (AvgIpc) is 2.15. The second-order valence-corrected chi connectivity index (χ2v) is 3.75. The normalized spacial score (nSPS) is 28.4. The molecule has 0 bridgehead atoms. The molecule has 2 radical (unpaired) electrons. The number of amides is 1. The largest absolute Gasteiger partial charge is 0.366 e. The van der Waals surface area contributed by atoms with Gasteiger partial charge in [0.25, 0.3) is 0 Å². The van der Waals surface area contributed by atoms with Crippen LogP contribution in [-0.2, 0) is 0 Å². The van der Waals surface area contributed by atoms with E-state index in [-0.39, 0.29) is 0 Å². The molecule has 0 spiro atoms. The fourth-order valence-electron chi connectivity index (χ4n) is 1.90. The Kier molecular flexibility index (Phi) is 4.29. The van der Waals surface area contributed by atoms with Gasteiger partial charge in [0.2, 0.25) is 0 Å². The van der Waals surface area contributed by atoms with E-state index in [9.17, 15) is 4.79 Å². The van der Waals surface area contributed by atoms with Gasteiger partial charge in [-0.05, 0) is 38.6 Å². The third kappa shape index (κ3) is 3.81. The van der Waals surface area contributed by atoms with Crippen LogP contribution in [0.5, 0.6) is 0 Å². The molecule has 0 aromatic carbocycles. The van der Waals surface area contributed by atoms with Crippen molar-refractivity contribution in [1.29, 1.82) is 0 Å². The van der Waals surface area contributed by atoms with Gasteiger partial charge in [0.15, 0.2) is 13.7 Å². The number of carbonyl (C=O) groups is 1. The number of rotatable bonds is 3. The van der Waals surface area contributed by atoms with Gasteiger partial charge in [-0.15, -0.1) is 0 Å². The molecule has 72 valence electrons. The average molecular weight is 180 g/mol. The van der Waals surface area contributed by atoms with Crippen LogP contribution >= 0.6 is 0 Å². The third-order valence-electron chi connectivity index (χ3n) is 2.82. The molecular weight excluding hydrogens is 163 g/mol. The number of hydrogen-bond acceptors (Lipinski definition) is 2. The molecule has 0 aromatic heterocycles. The molecule has 0 saturated heterocycles. The van der Waals surface area contributed by atoms with E-state index < -0.39 is 5.81 Å². The predicted molar refractivity (Wildman–Crippen MR) is 54.0 cm³/mol. The van der Waals surface area contributed by atoms with Crippen LogP contribution in [0.25, 0.3) is 0 Å². The van der Waals surface area contributed by atoms with E-state index in [1.165, 1.54) is 25.7 Å². The smallest absolute Gasteiger partial charge is 0.200 e. The Balaban J connectivity index is 2.14. The molecular formula is C9H17BN2O. The molecule has 0 atom stereocenters. The topological polar surface area (TPSA) is 41.1 Å². The van der Waals surface area contributed by atoms with Crippen molar-refractivity contribution < 1.29 is 4.79 Å². The first-order chi connectivity index (χ1) is 6.22. The van der Waals surface area contributed by atoms with E-state index in [0.717, 1.165) is 6.54 Å². The molecule has 1 fully saturated rings. The molecule has 1 aliphatic carbocycles. The third-order valence-corrected chi connectivity index (χ3v) is 2.82. The molecule has 1 amide bonds. The van der Waals surface area contributed by atoms with Crippen LogP contribution in [0.2, 0.25) is 0 Å². The van der Waals surface area contributed by atoms with Crippen molar-refractivity contribution in [2.75, 3.05) is 13.6 Å². The lowest BCUT2D eigenvalue weighted by Crippen LogP contribution is -2.35. The Hall–Kier alpha value is -0.505. The fourth-order valence-corrected chi connectivity index (χ4v) is 1.90. The van der Waals surface area contributed by atoms with Crippen molar-refractivity contribution in [3.63, 3.8) is 0 Å². The maximum atomic E-state index is 10.5. The van der Waals surface area contributed by atoms with E-state index in [0.29, 0.717) is 12.0 Å². The molecule has 0 unspecified atom stereocenters. The summed E-state index contributed by atoms with van der Waals surface area (Å²) in [6, 6.07) is 0.671. The summed E-state index contributed by atoms with van der Waals surface area (Å²) in [6.45, 7) is 0.742. The zero-order valence-corrected chi connectivity index (χ0v) is 8.18. The number of hydrogen-bond donors (Lipinski definition) is 2. The Bertz CT molecular complexity index is 167. The van der Waals surface area contributed by atoms with Crippen molar-refractivity contribution in [3.05, 3.63) is 0 Å². The molecule has 0 aliphatic heterocycles. The van der Waals surface area contributed by atoms with Crippen molar-refractivity contribution in [1.82, 2.24) is 10.6 Å². The lowest BCUT2D eigenvalue weighted by atomic mass is 9.86. The van der Waals surface area contributed by atoms with Gasteiger partial charge in [-0.3, -0.25) is 4.79 Å². The van der Waals surface area contributed by atoms with Crippen LogP contribution in [0.1, 0.15) is 25.7 Å². The van der Waals surface area contributed by atoms with Crippen molar-refractivity contribution in [3.8, 4) is 0 Å². The van der Waals surface area contributed by atoms with Crippen LogP contribution in [0.4, 0.5) is 4.79 Å². The van der Waals surface area contributed by atoms with Gasteiger partial charge >= 0.3 is 0 Å². The lowest BCUT2D eigenvalue weighted by molar-refractivity contribution is 0.251. The summed E-state index contributed by atoms with van der Waals surface area (Å²) in [5.74, 6) is 0.216. The maximum Gasteiger partial charge on any atom is 0.200 e. The van der Waals surface area contributed by atoms with Gasteiger partial charge in [-0.25, -0.2) is 0 Å². The number of nitrogens with one attached hydrogen (secondary N) is 2. The molecule has 4 heteroatoms. The first-order valence-electron chi connectivity index (χ1n) is 4.93. The minimum Gasteiger partial charge on any atom is -0.366 e. The molecule has 0 heterocycles. The van der Waals surface area contributed by atoms with Crippen LogP contribution < -0.4 is 10.6 Å². The van der Waals surface area contributed by atoms with Gasteiger partial charge in [0, 0.05) is 12.6 Å². The first kappa shape index (κ1) is 10.6. The summed E-state index contributed by atoms with van der Waals surface area (Å²) in [5, 5.41) is 5.94. The van der Waals surface area contributed by atoms with Crippen molar-refractivity contribution in [2.24, 2.45) is 5.92 Å². The van der Waals surface area contributed by atoms with E-state index in [1.54, 1.807) is 0 Å². The Labute approximate surface area is 81.1 Å². The highest BCUT2D eigenvalue weighted by Gasteiger charge is 2.19. The van der Waals surface area contributed by atoms with Crippen molar-refractivity contribution in [2.45, 2.75) is 31.7 Å². The SMILES string of the molecule is [B]C(=O)NCC1CCC(NC)CC1. The van der Waals surface area contributed by atoms with Gasteiger partial charge in [0.05, 0.1) is 0 Å². The first-order valence-corrected chi connectivity index (χ1v) is 4.93. The second-order valence-electron chi connectivity index (χ2n) is 3.75. The van der Waals surface area contributed by atoms with E-state index in [2.05, 4.69) is 10.6 Å². The monoisotopic (exact) mass is 180 g/mol. The molecule has 1 aliphatic rings. The lowest BCUT2D eigenvalue weighted by Gasteiger charge is -2.28. The summed E-state index contributed by atoms with van der Waals surface area (Å²) in [4.78, 5) is 10.5. The van der Waals surface area contributed by atoms with E-state index >= 15 is 0 Å². The molecule has 1 rings (SSSR count). The van der Waals surface area contributed by atoms with Gasteiger partial charge in [-0.2, -0.15) is 0 Å². The maximum absolute atomic E-state index is 10.5. The van der Waals surface area contributed by atoms with Gasteiger partial charge in [0.1, 0.15) is 0 Å². The molecule has 3 nitrogen and oxygen atoms in total. The van der Waals surface area contributed by atoms with Crippen LogP contribution in [0.3, 0.4) is 0 Å². The zero-order chi connectivity index (χ0) is 9.68. The minimum atomic E-state index is -0.407. The van der Waals surface area contributed by atoms with Crippen LogP contribution in [-0.4, -0.2) is 33.3 Å². The minimum absolute atomic E-state index is 0.407. The standard InChI is InChI=1S/C9H17BN2O/c1-11-8-4-2-7(3-5-8)6-12-9(10)13/h7-8,11H,2-6H2,1H3,(H,12,13). The zero-order valence-electron chi connectivity index (χ0n) is 8.18. The Morgan fingerprint density at radius 3 is 2.46 bits per heavy atom. The predicted octanol–water partition coefficient (Wildman–Crippen LogP) is 0.643. The molecule has 2 N–H and O–H groups in total. The quantitative estimate of drug-likeness (QED) is 0.626. The fraction of sp³-hybridized carbons (Fsp3) is 0.889. The summed E-state index contributed by atoms with van der Waals surface area (Å²) in [5.41, 5.74) is 0. The number of carbonyl (C=O) groups excluding carboxylic acids is 1. The highest BCUT2D eigenvalue weighted by molar-refractivity contribution is 6.57. The van der Waals surface area contributed by atoms with Gasteiger partial charge in [-0.1, -0.05) is 0 Å². The van der Waals surface area contributed by atoms with E-state index in [1.807, 2.05) is 7.05 Å². The summed E-state index contributed by atoms with van der Waals surface area (Å²) in [6.07, 6.45) is 4.79. The Morgan fingerprint density at radius 1 is 1.38 bits per heavy atom. The van der Waals surface area contributed by atoms with E-state index in [4.69, 9.17) is 7.85 Å². The molecule has 1 saturated carbocycles. The van der Waals surface area contributed by atoms with Gasteiger partial charge < -0.3 is 10.6 Å². The summed E-state index contributed by atoms with van der Waals surface area (Å²) in [7, 11) is 7.01. The Morgan fingerprint density at radius 2 is 2.00 bits per heavy atom. The van der Waals surface area contributed by atoms with Crippen molar-refractivity contribution >= 4 is 13.7 Å². The summed E-state index contributed by atoms with van der Waals surface area (Å²) < 4.78 is 0. The highest BCUT2D eigenvalue weighted by Crippen LogP contribution is 2.23. The molecule has 0 aromatic rings. The van der Waals surface area contributed by atoms with Crippen LogP contribution in [0, 0.1) is 5.92 Å². The van der Waals surface area contributed by atoms with Crippen LogP contribution in [0.15, 0.2) is 0 Å². The second kappa shape index (κ2) is 5.27.